The van der Waals surface area contributed by atoms with Crippen LogP contribution in [0.2, 0.25) is 0 Å². The number of fused-ring (bicyclic) bond motifs is 1. The second kappa shape index (κ2) is 11.2. The lowest BCUT2D eigenvalue weighted by Crippen LogP contribution is -2.23. The smallest absolute Gasteiger partial charge is 0.475 e. The first kappa shape index (κ1) is 28.0. The number of hydrogen-bond donors (Lipinski definition) is 3. The maximum Gasteiger partial charge on any atom is 0.490 e. The molecule has 8 nitrogen and oxygen atoms in total. The summed E-state index contributed by atoms with van der Waals surface area (Å²) in [5.74, 6) is -2.77. The Balaban J connectivity index is 0.000000479. The molecule has 15 heteroatoms. The van der Waals surface area contributed by atoms with E-state index in [1.165, 1.54) is 23.6 Å². The molecule has 0 fully saturated rings. The molecule has 1 amide bonds. The first-order chi connectivity index (χ1) is 17.2. The van der Waals surface area contributed by atoms with Crippen molar-refractivity contribution in [3.05, 3.63) is 58.4 Å². The van der Waals surface area contributed by atoms with Crippen LogP contribution < -0.4 is 11.1 Å². The predicted molar refractivity (Wildman–Crippen MR) is 121 cm³/mol. The Morgan fingerprint density at radius 2 is 1.84 bits per heavy atom. The summed E-state index contributed by atoms with van der Waals surface area (Å²) in [7, 11) is 0. The van der Waals surface area contributed by atoms with Gasteiger partial charge < -0.3 is 16.2 Å². The van der Waals surface area contributed by atoms with Crippen LogP contribution in [-0.2, 0) is 35.0 Å². The number of nitrogens with two attached hydrogens (primary N) is 1. The summed E-state index contributed by atoms with van der Waals surface area (Å²) in [6, 6.07) is 7.86. The van der Waals surface area contributed by atoms with Gasteiger partial charge in [-0.2, -0.15) is 26.3 Å². The number of carbonyl (C=O) groups excluding carboxylic acids is 1. The monoisotopic (exact) mass is 547 g/mol. The number of nitrogens with zero attached hydrogens (tertiary/aromatic N) is 3. The van der Waals surface area contributed by atoms with Gasteiger partial charge in [0.15, 0.2) is 0 Å². The third kappa shape index (κ3) is 7.95. The molecule has 0 unspecified atom stereocenters. The number of amides is 1. The molecule has 0 bridgehead atoms. The zero-order valence-electron chi connectivity index (χ0n) is 18.7. The van der Waals surface area contributed by atoms with E-state index in [0.29, 0.717) is 31.2 Å². The molecule has 0 aliphatic carbocycles. The number of pyridine rings is 1. The van der Waals surface area contributed by atoms with Crippen molar-refractivity contribution in [1.82, 2.24) is 15.2 Å². The molecule has 1 aliphatic rings. The normalized spacial score (nSPS) is 13.9. The van der Waals surface area contributed by atoms with Gasteiger partial charge in [-0.3, -0.25) is 9.78 Å². The first-order valence-electron chi connectivity index (χ1n) is 10.6. The van der Waals surface area contributed by atoms with Crippen molar-refractivity contribution < 1.29 is 41.0 Å². The predicted octanol–water partition coefficient (Wildman–Crippen LogP) is 4.25. The highest BCUT2D eigenvalue weighted by Gasteiger charge is 2.38. The topological polar surface area (TPSA) is 131 Å². The number of hydrogen-bond acceptors (Lipinski definition) is 7. The minimum atomic E-state index is -5.08. The van der Waals surface area contributed by atoms with E-state index in [-0.39, 0.29) is 11.9 Å². The third-order valence-corrected chi connectivity index (χ3v) is 6.06. The van der Waals surface area contributed by atoms with Gasteiger partial charge in [0.05, 0.1) is 6.42 Å². The Morgan fingerprint density at radius 3 is 2.43 bits per heavy atom. The SMILES string of the molecule is N[C@H](CCc1nnc(-c2ccc3c(c2)CC(=O)N3)s1)Cc1ccc(C(F)(F)F)nc1.O=C(O)C(F)(F)F. The largest absolute Gasteiger partial charge is 0.490 e. The van der Waals surface area contributed by atoms with Gasteiger partial charge in [0, 0.05) is 29.9 Å². The number of aryl methyl sites for hydroxylation is 1. The molecule has 1 atom stereocenters. The molecule has 2 aromatic heterocycles. The quantitative estimate of drug-likeness (QED) is 0.393. The fraction of sp³-hybridized carbons (Fsp3) is 0.318. The number of rotatable bonds is 6. The Kier molecular flexibility index (Phi) is 8.48. The molecular formula is C22H19F6N5O3S. The summed E-state index contributed by atoms with van der Waals surface area (Å²) in [5, 5.41) is 20.0. The fourth-order valence-corrected chi connectivity index (χ4v) is 4.11. The van der Waals surface area contributed by atoms with Crippen LogP contribution in [0.25, 0.3) is 10.6 Å². The molecule has 0 saturated heterocycles. The second-order valence-corrected chi connectivity index (χ2v) is 9.02. The standard InChI is InChI=1S/C20H18F3N5OS.C2HF3O2/c21-20(22,23)16-5-1-11(10-25-16)7-14(24)3-6-18-27-28-19(30-18)12-2-4-15-13(8-12)9-17(29)26-15;3-2(4,5)1(6)7/h1-2,4-5,8,10,14H,3,6-7,9,24H2,(H,26,29);(H,6,7)/t14-;/m1./s1. The summed E-state index contributed by atoms with van der Waals surface area (Å²) in [4.78, 5) is 23.8. The maximum atomic E-state index is 12.6. The van der Waals surface area contributed by atoms with E-state index in [9.17, 15) is 31.1 Å². The van der Waals surface area contributed by atoms with Crippen molar-refractivity contribution in [2.45, 2.75) is 44.1 Å². The molecule has 0 spiro atoms. The molecule has 1 aliphatic heterocycles. The van der Waals surface area contributed by atoms with Gasteiger partial charge in [-0.05, 0) is 48.2 Å². The summed E-state index contributed by atoms with van der Waals surface area (Å²) in [6.45, 7) is 0. The Morgan fingerprint density at radius 1 is 1.14 bits per heavy atom. The first-order valence-corrected chi connectivity index (χ1v) is 11.4. The van der Waals surface area contributed by atoms with Crippen LogP contribution in [-0.4, -0.2) is 44.4 Å². The van der Waals surface area contributed by atoms with Crippen LogP contribution in [0.5, 0.6) is 0 Å². The lowest BCUT2D eigenvalue weighted by molar-refractivity contribution is -0.192. The number of aromatic nitrogens is 3. The number of nitrogens with one attached hydrogen (secondary N) is 1. The highest BCUT2D eigenvalue weighted by Crippen LogP contribution is 2.31. The minimum absolute atomic E-state index is 0.0164. The number of aliphatic carboxylic acids is 1. The molecule has 4 N–H and O–H groups in total. The van der Waals surface area contributed by atoms with Gasteiger partial charge >= 0.3 is 18.3 Å². The Bertz CT molecular complexity index is 1260. The highest BCUT2D eigenvalue weighted by molar-refractivity contribution is 7.14. The minimum Gasteiger partial charge on any atom is -0.475 e. The number of carbonyl (C=O) groups is 2. The van der Waals surface area contributed by atoms with Crippen LogP contribution in [0.1, 0.15) is 28.2 Å². The zero-order valence-corrected chi connectivity index (χ0v) is 19.5. The molecule has 1 aromatic carbocycles. The van der Waals surface area contributed by atoms with Gasteiger partial charge in [0.2, 0.25) is 5.91 Å². The lowest BCUT2D eigenvalue weighted by Gasteiger charge is -2.11. The molecule has 3 heterocycles. The van der Waals surface area contributed by atoms with Gasteiger partial charge in [-0.1, -0.05) is 17.4 Å². The number of benzene rings is 1. The summed E-state index contributed by atoms with van der Waals surface area (Å²) in [6.07, 6.45) is -6.26. The fourth-order valence-electron chi connectivity index (χ4n) is 3.26. The van der Waals surface area contributed by atoms with E-state index < -0.39 is 24.0 Å². The van der Waals surface area contributed by atoms with Crippen molar-refractivity contribution in [2.75, 3.05) is 5.32 Å². The van der Waals surface area contributed by atoms with Gasteiger partial charge in [0.1, 0.15) is 15.7 Å². The molecule has 198 valence electrons. The summed E-state index contributed by atoms with van der Waals surface area (Å²) < 4.78 is 69.5. The summed E-state index contributed by atoms with van der Waals surface area (Å²) >= 11 is 1.46. The number of anilines is 1. The number of carboxylic acid groups (broad SMARTS) is 1. The van der Waals surface area contributed by atoms with E-state index in [4.69, 9.17) is 15.6 Å². The van der Waals surface area contributed by atoms with E-state index >= 15 is 0 Å². The van der Waals surface area contributed by atoms with Crippen molar-refractivity contribution in [3.63, 3.8) is 0 Å². The van der Waals surface area contributed by atoms with Crippen LogP contribution in [0.3, 0.4) is 0 Å². The highest BCUT2D eigenvalue weighted by atomic mass is 32.1. The lowest BCUT2D eigenvalue weighted by atomic mass is 10.0. The maximum absolute atomic E-state index is 12.6. The van der Waals surface area contributed by atoms with Crippen molar-refractivity contribution in [1.29, 1.82) is 0 Å². The molecule has 4 rings (SSSR count). The molecular weight excluding hydrogens is 528 g/mol. The number of halogens is 6. The number of alkyl halides is 6. The second-order valence-electron chi connectivity index (χ2n) is 7.95. The van der Waals surface area contributed by atoms with E-state index in [0.717, 1.165) is 32.9 Å². The van der Waals surface area contributed by atoms with E-state index in [1.807, 2.05) is 18.2 Å². The van der Waals surface area contributed by atoms with Gasteiger partial charge in [-0.25, -0.2) is 4.79 Å². The van der Waals surface area contributed by atoms with Crippen LogP contribution in [0.15, 0.2) is 36.5 Å². The molecule has 0 saturated carbocycles. The summed E-state index contributed by atoms with van der Waals surface area (Å²) in [5.41, 5.74) is 8.58. The third-order valence-electron chi connectivity index (χ3n) is 5.03. The van der Waals surface area contributed by atoms with E-state index in [2.05, 4.69) is 20.5 Å². The van der Waals surface area contributed by atoms with Crippen LogP contribution in [0, 0.1) is 0 Å². The molecule has 3 aromatic rings. The average Bonchev–Trinajstić information content (AvgIpc) is 3.42. The zero-order chi connectivity index (χ0) is 27.4. The van der Waals surface area contributed by atoms with Crippen LogP contribution >= 0.6 is 11.3 Å². The van der Waals surface area contributed by atoms with Gasteiger partial charge in [0.25, 0.3) is 0 Å². The Labute approximate surface area is 209 Å². The number of carboxylic acids is 1. The Hall–Kier alpha value is -3.59. The molecule has 0 radical (unpaired) electrons. The van der Waals surface area contributed by atoms with E-state index in [1.54, 1.807) is 0 Å². The average molecular weight is 547 g/mol. The van der Waals surface area contributed by atoms with Crippen LogP contribution in [0.4, 0.5) is 32.0 Å². The van der Waals surface area contributed by atoms with Crippen molar-refractivity contribution >= 4 is 28.9 Å². The van der Waals surface area contributed by atoms with Crippen molar-refractivity contribution in [3.8, 4) is 10.6 Å². The molecule has 37 heavy (non-hydrogen) atoms. The van der Waals surface area contributed by atoms with Gasteiger partial charge in [-0.15, -0.1) is 10.2 Å². The van der Waals surface area contributed by atoms with Crippen molar-refractivity contribution in [2.24, 2.45) is 5.73 Å².